The second-order valence-corrected chi connectivity index (χ2v) is 6.23. The third-order valence-corrected chi connectivity index (χ3v) is 4.41. The van der Waals surface area contributed by atoms with Crippen molar-refractivity contribution in [1.82, 2.24) is 9.88 Å². The smallest absolute Gasteiger partial charge is 0.0349 e. The molecule has 0 N–H and O–H groups in total. The van der Waals surface area contributed by atoms with Gasteiger partial charge in [0.1, 0.15) is 0 Å². The van der Waals surface area contributed by atoms with E-state index in [-0.39, 0.29) is 0 Å². The summed E-state index contributed by atoms with van der Waals surface area (Å²) < 4.78 is 0. The number of hydrogen-bond acceptors (Lipinski definition) is 2. The fourth-order valence-corrected chi connectivity index (χ4v) is 3.27. The number of hydrogen-bond donors (Lipinski definition) is 0. The summed E-state index contributed by atoms with van der Waals surface area (Å²) in [5.74, 6) is 0.547. The lowest BCUT2D eigenvalue weighted by Crippen LogP contribution is -2.29. The molecule has 1 aromatic heterocycles. The van der Waals surface area contributed by atoms with Gasteiger partial charge in [0.15, 0.2) is 0 Å². The summed E-state index contributed by atoms with van der Waals surface area (Å²) in [5.41, 5.74) is 2.86. The summed E-state index contributed by atoms with van der Waals surface area (Å²) in [7, 11) is 0. The standard InChI is InChI=1S/C18H24N2/c1-14(2)16-7-6-15(13-20-10-4-3-5-11-20)17-8-9-19-12-18(16)17/h6-9,12,14H,3-5,10-11,13H2,1-2H3. The van der Waals surface area contributed by atoms with Crippen molar-refractivity contribution in [1.29, 1.82) is 0 Å². The van der Waals surface area contributed by atoms with E-state index >= 15 is 0 Å². The van der Waals surface area contributed by atoms with E-state index in [0.717, 1.165) is 6.54 Å². The minimum Gasteiger partial charge on any atom is -0.299 e. The molecule has 0 aliphatic carbocycles. The second-order valence-electron chi connectivity index (χ2n) is 6.23. The second kappa shape index (κ2) is 5.92. The van der Waals surface area contributed by atoms with Gasteiger partial charge in [0.25, 0.3) is 0 Å². The predicted octanol–water partition coefficient (Wildman–Crippen LogP) is 4.34. The van der Waals surface area contributed by atoms with E-state index in [1.165, 1.54) is 54.3 Å². The number of likely N-dealkylation sites (tertiary alicyclic amines) is 1. The molecule has 3 rings (SSSR count). The molecule has 0 spiro atoms. The highest BCUT2D eigenvalue weighted by Crippen LogP contribution is 2.28. The minimum atomic E-state index is 0.547. The topological polar surface area (TPSA) is 16.1 Å². The maximum Gasteiger partial charge on any atom is 0.0349 e. The number of nitrogens with zero attached hydrogens (tertiary/aromatic N) is 2. The lowest BCUT2D eigenvalue weighted by molar-refractivity contribution is 0.221. The third kappa shape index (κ3) is 2.71. The Bertz CT molecular complexity index is 583. The van der Waals surface area contributed by atoms with Gasteiger partial charge in [0, 0.05) is 24.3 Å². The number of piperidine rings is 1. The van der Waals surface area contributed by atoms with E-state index < -0.39 is 0 Å². The number of rotatable bonds is 3. The van der Waals surface area contributed by atoms with Crippen molar-refractivity contribution in [3.63, 3.8) is 0 Å². The Morgan fingerprint density at radius 1 is 1.05 bits per heavy atom. The van der Waals surface area contributed by atoms with Gasteiger partial charge in [-0.15, -0.1) is 0 Å². The molecule has 1 fully saturated rings. The Hall–Kier alpha value is -1.41. The molecular formula is C18H24N2. The van der Waals surface area contributed by atoms with Crippen molar-refractivity contribution in [2.75, 3.05) is 13.1 Å². The molecule has 1 saturated heterocycles. The van der Waals surface area contributed by atoms with Gasteiger partial charge in [-0.05, 0) is 54.4 Å². The first-order valence-electron chi connectivity index (χ1n) is 7.83. The normalized spacial score (nSPS) is 16.9. The van der Waals surface area contributed by atoms with Crippen molar-refractivity contribution >= 4 is 10.8 Å². The van der Waals surface area contributed by atoms with Gasteiger partial charge in [-0.3, -0.25) is 9.88 Å². The number of pyridine rings is 1. The molecule has 106 valence electrons. The summed E-state index contributed by atoms with van der Waals surface area (Å²) in [6, 6.07) is 6.81. The van der Waals surface area contributed by atoms with Crippen LogP contribution in [-0.2, 0) is 6.54 Å². The van der Waals surface area contributed by atoms with Crippen molar-refractivity contribution in [2.45, 2.75) is 45.6 Å². The first kappa shape index (κ1) is 13.6. The number of fused-ring (bicyclic) bond motifs is 1. The molecular weight excluding hydrogens is 244 g/mol. The average Bonchev–Trinajstić information content (AvgIpc) is 2.48. The van der Waals surface area contributed by atoms with Crippen molar-refractivity contribution in [3.8, 4) is 0 Å². The van der Waals surface area contributed by atoms with E-state index in [1.807, 2.05) is 12.4 Å². The Labute approximate surface area is 121 Å². The maximum absolute atomic E-state index is 4.33. The fourth-order valence-electron chi connectivity index (χ4n) is 3.27. The lowest BCUT2D eigenvalue weighted by atomic mass is 9.94. The molecule has 1 aromatic carbocycles. The molecule has 0 unspecified atom stereocenters. The zero-order valence-corrected chi connectivity index (χ0v) is 12.6. The van der Waals surface area contributed by atoms with Gasteiger partial charge >= 0.3 is 0 Å². The van der Waals surface area contributed by atoms with Crippen LogP contribution in [0.1, 0.15) is 50.2 Å². The van der Waals surface area contributed by atoms with Gasteiger partial charge in [-0.2, -0.15) is 0 Å². The predicted molar refractivity (Wildman–Crippen MR) is 85.0 cm³/mol. The minimum absolute atomic E-state index is 0.547. The summed E-state index contributed by atoms with van der Waals surface area (Å²) in [5, 5.41) is 2.72. The summed E-state index contributed by atoms with van der Waals surface area (Å²) in [6.45, 7) is 8.09. The molecule has 2 aromatic rings. The molecule has 0 radical (unpaired) electrons. The maximum atomic E-state index is 4.33. The Morgan fingerprint density at radius 3 is 2.60 bits per heavy atom. The molecule has 2 heterocycles. The van der Waals surface area contributed by atoms with Gasteiger partial charge in [-0.1, -0.05) is 32.4 Å². The largest absolute Gasteiger partial charge is 0.299 e. The van der Waals surface area contributed by atoms with E-state index in [0.29, 0.717) is 5.92 Å². The molecule has 0 saturated carbocycles. The first-order chi connectivity index (χ1) is 9.75. The highest BCUT2D eigenvalue weighted by molar-refractivity contribution is 5.88. The number of aromatic nitrogens is 1. The fraction of sp³-hybridized carbons (Fsp3) is 0.500. The van der Waals surface area contributed by atoms with Crippen LogP contribution in [0.2, 0.25) is 0 Å². The molecule has 1 aliphatic heterocycles. The highest BCUT2D eigenvalue weighted by atomic mass is 15.1. The lowest BCUT2D eigenvalue weighted by Gasteiger charge is -2.27. The summed E-state index contributed by atoms with van der Waals surface area (Å²) in [6.07, 6.45) is 8.05. The van der Waals surface area contributed by atoms with Crippen LogP contribution < -0.4 is 0 Å². The van der Waals surface area contributed by atoms with Crippen LogP contribution in [-0.4, -0.2) is 23.0 Å². The van der Waals surface area contributed by atoms with E-state index in [9.17, 15) is 0 Å². The van der Waals surface area contributed by atoms with E-state index in [1.54, 1.807) is 0 Å². The van der Waals surface area contributed by atoms with Crippen molar-refractivity contribution < 1.29 is 0 Å². The molecule has 0 bridgehead atoms. The van der Waals surface area contributed by atoms with Crippen LogP contribution in [0.4, 0.5) is 0 Å². The molecule has 2 heteroatoms. The summed E-state index contributed by atoms with van der Waals surface area (Å²) >= 11 is 0. The highest BCUT2D eigenvalue weighted by Gasteiger charge is 2.14. The van der Waals surface area contributed by atoms with Crippen LogP contribution in [0.25, 0.3) is 10.8 Å². The molecule has 0 amide bonds. The first-order valence-corrected chi connectivity index (χ1v) is 7.83. The molecule has 1 aliphatic rings. The van der Waals surface area contributed by atoms with Crippen LogP contribution >= 0.6 is 0 Å². The van der Waals surface area contributed by atoms with Crippen LogP contribution in [0.3, 0.4) is 0 Å². The molecule has 0 atom stereocenters. The van der Waals surface area contributed by atoms with E-state index in [2.05, 4.69) is 41.9 Å². The average molecular weight is 268 g/mol. The van der Waals surface area contributed by atoms with Crippen molar-refractivity contribution in [3.05, 3.63) is 41.7 Å². The van der Waals surface area contributed by atoms with Crippen LogP contribution in [0.15, 0.2) is 30.6 Å². The monoisotopic (exact) mass is 268 g/mol. The van der Waals surface area contributed by atoms with Crippen LogP contribution in [0, 0.1) is 0 Å². The van der Waals surface area contributed by atoms with Crippen LogP contribution in [0.5, 0.6) is 0 Å². The third-order valence-electron chi connectivity index (χ3n) is 4.41. The van der Waals surface area contributed by atoms with Gasteiger partial charge in [0.2, 0.25) is 0 Å². The summed E-state index contributed by atoms with van der Waals surface area (Å²) in [4.78, 5) is 6.92. The molecule has 2 nitrogen and oxygen atoms in total. The van der Waals surface area contributed by atoms with Gasteiger partial charge in [-0.25, -0.2) is 0 Å². The van der Waals surface area contributed by atoms with Gasteiger partial charge < -0.3 is 0 Å². The Kier molecular flexibility index (Phi) is 4.02. The number of benzene rings is 1. The van der Waals surface area contributed by atoms with Crippen molar-refractivity contribution in [2.24, 2.45) is 0 Å². The van der Waals surface area contributed by atoms with Gasteiger partial charge in [0.05, 0.1) is 0 Å². The molecule has 20 heavy (non-hydrogen) atoms. The van der Waals surface area contributed by atoms with E-state index in [4.69, 9.17) is 0 Å². The quantitative estimate of drug-likeness (QED) is 0.823. The Balaban J connectivity index is 1.97. The Morgan fingerprint density at radius 2 is 1.85 bits per heavy atom. The zero-order valence-electron chi connectivity index (χ0n) is 12.6. The SMILES string of the molecule is CC(C)c1ccc(CN2CCCCC2)c2ccncc12. The zero-order chi connectivity index (χ0) is 13.9.